The van der Waals surface area contributed by atoms with Crippen LogP contribution in [0.1, 0.15) is 119 Å². The van der Waals surface area contributed by atoms with Gasteiger partial charge in [-0.1, -0.05) is 46.8 Å². The maximum atomic E-state index is 12.0. The molecule has 7 heteroatoms. The van der Waals surface area contributed by atoms with Gasteiger partial charge in [0.25, 0.3) is 0 Å². The molecule has 3 N–H and O–H groups in total. The first kappa shape index (κ1) is 33.9. The predicted molar refractivity (Wildman–Crippen MR) is 173 cm³/mol. The number of hydrogen-bond acceptors (Lipinski definition) is 7. The molecule has 0 aromatic carbocycles. The zero-order chi connectivity index (χ0) is 32.7. The van der Waals surface area contributed by atoms with Gasteiger partial charge in [0.1, 0.15) is 12.2 Å². The summed E-state index contributed by atoms with van der Waals surface area (Å²) in [6.07, 6.45) is 8.39. The van der Waals surface area contributed by atoms with Gasteiger partial charge in [0.05, 0.1) is 25.4 Å². The van der Waals surface area contributed by atoms with E-state index in [1.165, 1.54) is 44.1 Å². The molecule has 1 heterocycles. The first-order chi connectivity index (χ1) is 21.0. The molecule has 0 bridgehead atoms. The fourth-order valence-electron chi connectivity index (χ4n) is 13.4. The molecular formula is C38H62O7. The van der Waals surface area contributed by atoms with Gasteiger partial charge in [0.2, 0.25) is 0 Å². The van der Waals surface area contributed by atoms with Gasteiger partial charge >= 0.3 is 5.97 Å². The number of esters is 1. The van der Waals surface area contributed by atoms with Crippen molar-refractivity contribution < 1.29 is 34.3 Å². The predicted octanol–water partition coefficient (Wildman–Crippen LogP) is 6.42. The summed E-state index contributed by atoms with van der Waals surface area (Å²) in [7, 11) is 0. The molecule has 5 saturated carbocycles. The minimum absolute atomic E-state index is 0.0254. The fourth-order valence-corrected chi connectivity index (χ4v) is 13.4. The molecule has 1 saturated heterocycles. The van der Waals surface area contributed by atoms with Crippen LogP contribution in [0.3, 0.4) is 0 Å². The van der Waals surface area contributed by atoms with E-state index in [0.717, 1.165) is 25.7 Å². The molecule has 6 fully saturated rings. The molecule has 1 aliphatic heterocycles. The van der Waals surface area contributed by atoms with Gasteiger partial charge in [-0.25, -0.2) is 0 Å². The summed E-state index contributed by atoms with van der Waals surface area (Å²) in [4.78, 5) is 12.0. The Kier molecular flexibility index (Phi) is 8.71. The number of carbonyl (C=O) groups is 1. The normalized spacial score (nSPS) is 52.1. The highest BCUT2D eigenvalue weighted by atomic mass is 16.6. The van der Waals surface area contributed by atoms with Crippen LogP contribution in [0, 0.1) is 56.7 Å². The van der Waals surface area contributed by atoms with Gasteiger partial charge < -0.3 is 29.5 Å². The van der Waals surface area contributed by atoms with E-state index in [1.807, 2.05) is 0 Å². The molecule has 256 valence electrons. The number of aliphatic hydroxyl groups excluding tert-OH is 3. The quantitative estimate of drug-likeness (QED) is 0.230. The van der Waals surface area contributed by atoms with E-state index in [9.17, 15) is 20.1 Å². The number of hydrogen-bond donors (Lipinski definition) is 3. The Morgan fingerprint density at radius 3 is 2.29 bits per heavy atom. The lowest BCUT2D eigenvalue weighted by Gasteiger charge is -2.73. The van der Waals surface area contributed by atoms with Crippen LogP contribution in [0.5, 0.6) is 0 Å². The van der Waals surface area contributed by atoms with Crippen LogP contribution in [0.25, 0.3) is 0 Å². The number of rotatable bonds is 6. The van der Waals surface area contributed by atoms with Gasteiger partial charge in [-0.15, -0.1) is 0 Å². The molecule has 5 aliphatic carbocycles. The van der Waals surface area contributed by atoms with E-state index in [1.54, 1.807) is 6.92 Å². The first-order valence-corrected chi connectivity index (χ1v) is 18.1. The summed E-state index contributed by atoms with van der Waals surface area (Å²) >= 11 is 0. The standard InChI is InChI=1S/C38H62O7/c1-22(2)24-11-16-38(21-43-23(3)40)18-17-36(7)25(32(24)38)9-10-29-35(6)14-13-30(34(4,5)28(35)12-15-37(29,36)8)44-26-19-31(41)45-27(20-39)33(26)42/h24-33,39,41-42H,1,9-21H2,2-8H3/t24-,25+,26+,27+,28-,29+,30?,31-,32+,33+,35-,36+,37+,38+/m0/s1. The Balaban J connectivity index is 1.26. The first-order valence-electron chi connectivity index (χ1n) is 18.1. The van der Waals surface area contributed by atoms with Crippen molar-refractivity contribution in [1.29, 1.82) is 0 Å². The molecule has 6 aliphatic rings. The molecule has 7 nitrogen and oxygen atoms in total. The summed E-state index contributed by atoms with van der Waals surface area (Å²) in [5.74, 6) is 2.62. The van der Waals surface area contributed by atoms with Gasteiger partial charge in [-0.3, -0.25) is 4.79 Å². The minimum Gasteiger partial charge on any atom is -0.465 e. The molecule has 14 atom stereocenters. The maximum absolute atomic E-state index is 12.0. The second-order valence-corrected chi connectivity index (χ2v) is 17.9. The Bertz CT molecular complexity index is 1150. The van der Waals surface area contributed by atoms with Gasteiger partial charge in [-0.2, -0.15) is 0 Å². The van der Waals surface area contributed by atoms with Gasteiger partial charge in [-0.05, 0) is 122 Å². The Hall–Kier alpha value is -0.990. The van der Waals surface area contributed by atoms with Gasteiger partial charge in [0, 0.05) is 18.8 Å². The number of fused-ring (bicyclic) bond motifs is 7. The summed E-state index contributed by atoms with van der Waals surface area (Å²) < 4.78 is 17.9. The number of ether oxygens (including phenoxy) is 3. The third kappa shape index (κ3) is 5.02. The zero-order valence-electron chi connectivity index (χ0n) is 29.1. The van der Waals surface area contributed by atoms with E-state index in [0.29, 0.717) is 36.2 Å². The number of allylic oxidation sites excluding steroid dienone is 1. The summed E-state index contributed by atoms with van der Waals surface area (Å²) in [5, 5.41) is 30.9. The van der Waals surface area contributed by atoms with Crippen molar-refractivity contribution in [2.45, 2.75) is 150 Å². The maximum Gasteiger partial charge on any atom is 0.302 e. The van der Waals surface area contributed by atoms with Crippen molar-refractivity contribution in [3.63, 3.8) is 0 Å². The highest BCUT2D eigenvalue weighted by Gasteiger charge is 2.71. The van der Waals surface area contributed by atoms with Crippen LogP contribution in [0.4, 0.5) is 0 Å². The SMILES string of the molecule is C=C(C)[C@@H]1CC[C@]2(COC(C)=O)CC[C@]3(C)[C@H](CC[C@@H]4[C@@]5(C)CCC(O[C@@H]6C[C@@H](O)O[C@H](CO)[C@@H]6O)C(C)(C)[C@@H]5CC[C@]43C)[C@@H]12. The smallest absolute Gasteiger partial charge is 0.302 e. The van der Waals surface area contributed by atoms with Crippen molar-refractivity contribution in [2.24, 2.45) is 56.7 Å². The van der Waals surface area contributed by atoms with Gasteiger partial charge in [0.15, 0.2) is 6.29 Å². The molecule has 45 heavy (non-hydrogen) atoms. The van der Waals surface area contributed by atoms with Crippen LogP contribution < -0.4 is 0 Å². The summed E-state index contributed by atoms with van der Waals surface area (Å²) in [5.41, 5.74) is 1.96. The van der Waals surface area contributed by atoms with Crippen molar-refractivity contribution >= 4 is 5.97 Å². The highest BCUT2D eigenvalue weighted by Crippen LogP contribution is 2.77. The fraction of sp³-hybridized carbons (Fsp3) is 0.921. The molecule has 0 radical (unpaired) electrons. The lowest BCUT2D eigenvalue weighted by Crippen LogP contribution is -2.67. The Morgan fingerprint density at radius 2 is 1.62 bits per heavy atom. The minimum atomic E-state index is -1.04. The van der Waals surface area contributed by atoms with Crippen molar-refractivity contribution in [3.8, 4) is 0 Å². The number of aliphatic hydroxyl groups is 3. The third-order valence-corrected chi connectivity index (χ3v) is 15.8. The molecule has 0 amide bonds. The molecular weight excluding hydrogens is 568 g/mol. The lowest BCUT2D eigenvalue weighted by molar-refractivity contribution is -0.283. The largest absolute Gasteiger partial charge is 0.465 e. The highest BCUT2D eigenvalue weighted by molar-refractivity contribution is 5.65. The zero-order valence-corrected chi connectivity index (χ0v) is 29.1. The van der Waals surface area contributed by atoms with Crippen LogP contribution in [0.2, 0.25) is 0 Å². The van der Waals surface area contributed by atoms with E-state index >= 15 is 0 Å². The Labute approximate surface area is 271 Å². The van der Waals surface area contributed by atoms with E-state index in [-0.39, 0.29) is 52.2 Å². The van der Waals surface area contributed by atoms with E-state index < -0.39 is 24.6 Å². The monoisotopic (exact) mass is 630 g/mol. The second-order valence-electron chi connectivity index (χ2n) is 17.9. The molecule has 0 aromatic heterocycles. The third-order valence-electron chi connectivity index (χ3n) is 15.8. The molecule has 6 rings (SSSR count). The second kappa shape index (κ2) is 11.6. The van der Waals surface area contributed by atoms with E-state index in [4.69, 9.17) is 14.2 Å². The molecule has 0 aromatic rings. The van der Waals surface area contributed by atoms with Crippen molar-refractivity contribution in [3.05, 3.63) is 12.2 Å². The van der Waals surface area contributed by atoms with Crippen molar-refractivity contribution in [1.82, 2.24) is 0 Å². The molecule has 0 spiro atoms. The Morgan fingerprint density at radius 1 is 0.889 bits per heavy atom. The summed E-state index contributed by atoms with van der Waals surface area (Å²) in [6, 6.07) is 0. The average Bonchev–Trinajstić information content (AvgIpc) is 3.36. The van der Waals surface area contributed by atoms with Crippen LogP contribution >= 0.6 is 0 Å². The van der Waals surface area contributed by atoms with Crippen molar-refractivity contribution in [2.75, 3.05) is 13.2 Å². The summed E-state index contributed by atoms with van der Waals surface area (Å²) in [6.45, 7) is 21.1. The lowest BCUT2D eigenvalue weighted by atomic mass is 9.32. The number of carbonyl (C=O) groups excluding carboxylic acids is 1. The molecule has 1 unspecified atom stereocenters. The topological polar surface area (TPSA) is 105 Å². The average molecular weight is 631 g/mol. The van der Waals surface area contributed by atoms with Crippen LogP contribution in [0.15, 0.2) is 12.2 Å². The van der Waals surface area contributed by atoms with Crippen LogP contribution in [-0.2, 0) is 19.0 Å². The van der Waals surface area contributed by atoms with E-state index in [2.05, 4.69) is 48.1 Å². The van der Waals surface area contributed by atoms with Crippen LogP contribution in [-0.4, -0.2) is 65.2 Å².